The zero-order valence-corrected chi connectivity index (χ0v) is 18.5. The van der Waals surface area contributed by atoms with Gasteiger partial charge in [-0.15, -0.1) is 0 Å². The average molecular weight is 424 g/mol. The summed E-state index contributed by atoms with van der Waals surface area (Å²) in [5, 5.41) is 2.97. The number of benzene rings is 3. The van der Waals surface area contributed by atoms with Crippen LogP contribution in [0.4, 0.5) is 5.69 Å². The van der Waals surface area contributed by atoms with Crippen molar-refractivity contribution < 1.29 is 9.59 Å². The number of nitrogens with one attached hydrogen (secondary N) is 1. The maximum Gasteiger partial charge on any atom is 0.257 e. The molecule has 160 valence electrons. The lowest BCUT2D eigenvalue weighted by atomic mass is 9.81. The lowest BCUT2D eigenvalue weighted by molar-refractivity contribution is 0.0974. The summed E-state index contributed by atoms with van der Waals surface area (Å²) >= 11 is 0. The molecule has 0 radical (unpaired) electrons. The minimum absolute atomic E-state index is 0.0762. The van der Waals surface area contributed by atoms with Crippen molar-refractivity contribution in [2.75, 3.05) is 18.0 Å². The van der Waals surface area contributed by atoms with Gasteiger partial charge in [-0.2, -0.15) is 0 Å². The van der Waals surface area contributed by atoms with Crippen LogP contribution in [0.2, 0.25) is 0 Å². The number of guanidine groups is 1. The molecule has 1 aliphatic heterocycles. The van der Waals surface area contributed by atoms with Gasteiger partial charge in [0.15, 0.2) is 5.78 Å². The Hall–Kier alpha value is -3.73. The first kappa shape index (κ1) is 20.2. The number of Topliss-reactive ketones (excluding diaryl/α,β-unsaturated/α-hetero) is 1. The summed E-state index contributed by atoms with van der Waals surface area (Å²) in [7, 11) is 0. The molecular formula is C27H25N3O2. The number of anilines is 1. The number of amides is 1. The molecule has 0 bridgehead atoms. The van der Waals surface area contributed by atoms with Gasteiger partial charge in [-0.3, -0.25) is 19.9 Å². The maximum atomic E-state index is 12.7. The predicted molar refractivity (Wildman–Crippen MR) is 128 cm³/mol. The summed E-state index contributed by atoms with van der Waals surface area (Å²) in [6, 6.07) is 21.6. The van der Waals surface area contributed by atoms with E-state index in [0.717, 1.165) is 11.3 Å². The van der Waals surface area contributed by atoms with Gasteiger partial charge in [-0.25, -0.2) is 0 Å². The molecule has 0 saturated carbocycles. The first-order chi connectivity index (χ1) is 15.4. The summed E-state index contributed by atoms with van der Waals surface area (Å²) in [5.74, 6) is 0.486. The topological polar surface area (TPSA) is 61.8 Å². The summed E-state index contributed by atoms with van der Waals surface area (Å²) in [6.07, 6.45) is 0. The highest BCUT2D eigenvalue weighted by Gasteiger charge is 2.36. The molecule has 0 atom stereocenters. The van der Waals surface area contributed by atoms with Crippen LogP contribution in [-0.4, -0.2) is 30.7 Å². The second-order valence-corrected chi connectivity index (χ2v) is 8.85. The van der Waals surface area contributed by atoms with Crippen molar-refractivity contribution in [2.24, 2.45) is 4.99 Å². The van der Waals surface area contributed by atoms with Gasteiger partial charge in [0.05, 0.1) is 6.54 Å². The first-order valence-electron chi connectivity index (χ1n) is 10.8. The largest absolute Gasteiger partial charge is 0.310 e. The van der Waals surface area contributed by atoms with E-state index in [2.05, 4.69) is 53.3 Å². The summed E-state index contributed by atoms with van der Waals surface area (Å²) < 4.78 is 0. The molecule has 2 aliphatic rings. The van der Waals surface area contributed by atoms with Crippen LogP contribution in [0.5, 0.6) is 0 Å². The lowest BCUT2D eigenvalue weighted by Gasteiger charge is -2.25. The molecule has 5 heteroatoms. The van der Waals surface area contributed by atoms with E-state index in [1.54, 1.807) is 19.1 Å². The van der Waals surface area contributed by atoms with Gasteiger partial charge in [0.1, 0.15) is 0 Å². The van der Waals surface area contributed by atoms with Gasteiger partial charge < -0.3 is 4.90 Å². The number of fused-ring (bicyclic) bond motifs is 3. The highest BCUT2D eigenvalue weighted by atomic mass is 16.2. The highest BCUT2D eigenvalue weighted by molar-refractivity contribution is 6.11. The fourth-order valence-corrected chi connectivity index (χ4v) is 4.68. The van der Waals surface area contributed by atoms with Crippen LogP contribution in [0.15, 0.2) is 71.7 Å². The zero-order valence-electron chi connectivity index (χ0n) is 18.5. The summed E-state index contributed by atoms with van der Waals surface area (Å²) in [4.78, 5) is 31.2. The van der Waals surface area contributed by atoms with E-state index in [0.29, 0.717) is 24.6 Å². The standard InChI is InChI=1S/C27H25N3O2/c1-17(31)19-9-11-21-22-12-10-20(16-24(22)27(2,3)23(21)15-19)30-14-13-28-26(30)29-25(32)18-7-5-4-6-8-18/h4-12,15-16H,13-14H2,1-3H3,(H,28,29,32). The SMILES string of the molecule is CC(=O)c1ccc2c(c1)C(C)(C)c1cc(N3CCN=C3NC(=O)c3ccccc3)ccc1-2. The Morgan fingerprint density at radius 3 is 2.31 bits per heavy atom. The number of hydrogen-bond acceptors (Lipinski definition) is 4. The molecule has 3 aromatic carbocycles. The Balaban J connectivity index is 1.47. The Labute approximate surface area is 187 Å². The Morgan fingerprint density at radius 2 is 1.59 bits per heavy atom. The molecule has 32 heavy (non-hydrogen) atoms. The molecule has 0 saturated heterocycles. The molecule has 0 aromatic heterocycles. The monoisotopic (exact) mass is 423 g/mol. The van der Waals surface area contributed by atoms with Gasteiger partial charge in [0, 0.05) is 28.8 Å². The summed E-state index contributed by atoms with van der Waals surface area (Å²) in [6.45, 7) is 7.34. The van der Waals surface area contributed by atoms with Crippen LogP contribution in [0, 0.1) is 0 Å². The van der Waals surface area contributed by atoms with Crippen molar-refractivity contribution in [3.05, 3.63) is 89.0 Å². The van der Waals surface area contributed by atoms with Gasteiger partial charge in [0.2, 0.25) is 5.96 Å². The second-order valence-electron chi connectivity index (χ2n) is 8.85. The molecule has 5 nitrogen and oxygen atoms in total. The minimum Gasteiger partial charge on any atom is -0.310 e. The molecule has 1 heterocycles. The van der Waals surface area contributed by atoms with E-state index in [1.807, 2.05) is 30.3 Å². The Bertz CT molecular complexity index is 1280. The molecule has 0 fully saturated rings. The van der Waals surface area contributed by atoms with E-state index in [-0.39, 0.29) is 17.1 Å². The van der Waals surface area contributed by atoms with E-state index >= 15 is 0 Å². The molecule has 1 amide bonds. The number of hydrogen-bond donors (Lipinski definition) is 1. The van der Waals surface area contributed by atoms with Crippen molar-refractivity contribution in [1.82, 2.24) is 5.32 Å². The maximum absolute atomic E-state index is 12.7. The van der Waals surface area contributed by atoms with Crippen LogP contribution in [0.25, 0.3) is 11.1 Å². The van der Waals surface area contributed by atoms with Crippen molar-refractivity contribution >= 4 is 23.3 Å². The molecule has 1 aliphatic carbocycles. The first-order valence-corrected chi connectivity index (χ1v) is 10.8. The minimum atomic E-state index is -0.226. The average Bonchev–Trinajstić information content (AvgIpc) is 3.34. The van der Waals surface area contributed by atoms with E-state index < -0.39 is 0 Å². The van der Waals surface area contributed by atoms with Crippen LogP contribution < -0.4 is 10.2 Å². The third-order valence-electron chi connectivity index (χ3n) is 6.48. The van der Waals surface area contributed by atoms with Gasteiger partial charge in [-0.05, 0) is 59.5 Å². The van der Waals surface area contributed by atoms with Gasteiger partial charge >= 0.3 is 0 Å². The number of carbonyl (C=O) groups excluding carboxylic acids is 2. The van der Waals surface area contributed by atoms with E-state index in [9.17, 15) is 9.59 Å². The van der Waals surface area contributed by atoms with E-state index in [1.165, 1.54) is 22.3 Å². The van der Waals surface area contributed by atoms with Crippen molar-refractivity contribution in [3.8, 4) is 11.1 Å². The highest BCUT2D eigenvalue weighted by Crippen LogP contribution is 2.50. The van der Waals surface area contributed by atoms with Crippen LogP contribution in [0.1, 0.15) is 52.6 Å². The fourth-order valence-electron chi connectivity index (χ4n) is 4.68. The molecule has 5 rings (SSSR count). The summed E-state index contributed by atoms with van der Waals surface area (Å²) in [5.41, 5.74) is 6.87. The smallest absolute Gasteiger partial charge is 0.257 e. The van der Waals surface area contributed by atoms with E-state index in [4.69, 9.17) is 0 Å². The number of carbonyl (C=O) groups is 2. The normalized spacial score (nSPS) is 15.7. The predicted octanol–water partition coefficient (Wildman–Crippen LogP) is 4.80. The molecule has 0 spiro atoms. The third-order valence-corrected chi connectivity index (χ3v) is 6.48. The Morgan fingerprint density at radius 1 is 0.906 bits per heavy atom. The van der Waals surface area contributed by atoms with Crippen molar-refractivity contribution in [1.29, 1.82) is 0 Å². The van der Waals surface area contributed by atoms with Gasteiger partial charge in [0.25, 0.3) is 5.91 Å². The quantitative estimate of drug-likeness (QED) is 0.616. The van der Waals surface area contributed by atoms with Crippen molar-refractivity contribution in [2.45, 2.75) is 26.2 Å². The number of aliphatic imine (C=N–C) groups is 1. The van der Waals surface area contributed by atoms with Gasteiger partial charge in [-0.1, -0.05) is 50.2 Å². The van der Waals surface area contributed by atoms with Crippen molar-refractivity contribution in [3.63, 3.8) is 0 Å². The zero-order chi connectivity index (χ0) is 22.5. The fraction of sp³-hybridized carbons (Fsp3) is 0.222. The van der Waals surface area contributed by atoms with Crippen LogP contribution in [0.3, 0.4) is 0 Å². The number of rotatable bonds is 3. The lowest BCUT2D eigenvalue weighted by Crippen LogP contribution is -2.41. The third kappa shape index (κ3) is 3.21. The van der Waals surface area contributed by atoms with Crippen LogP contribution >= 0.6 is 0 Å². The van der Waals surface area contributed by atoms with Crippen LogP contribution in [-0.2, 0) is 5.41 Å². The second kappa shape index (κ2) is 7.45. The molecule has 0 unspecified atom stereocenters. The number of nitrogens with zero attached hydrogens (tertiary/aromatic N) is 2. The Kier molecular flexibility index (Phi) is 4.70. The number of ketones is 1. The molecular weight excluding hydrogens is 398 g/mol. The molecule has 1 N–H and O–H groups in total. The molecule has 3 aromatic rings.